The van der Waals surface area contributed by atoms with E-state index in [0.29, 0.717) is 0 Å². The maximum atomic E-state index is 12.3. The second-order valence-electron chi connectivity index (χ2n) is 4.63. The first-order chi connectivity index (χ1) is 8.22. The molecular formula is C14H18BrNO. The smallest absolute Gasteiger partial charge is 0.253 e. The predicted molar refractivity (Wildman–Crippen MR) is 73.6 cm³/mol. The Hall–Kier alpha value is -0.830. The van der Waals surface area contributed by atoms with Gasteiger partial charge in [0, 0.05) is 24.0 Å². The van der Waals surface area contributed by atoms with Crippen LogP contribution in [0.2, 0.25) is 0 Å². The molecule has 0 radical (unpaired) electrons. The lowest BCUT2D eigenvalue weighted by atomic mass is 10.0. The van der Waals surface area contributed by atoms with Crippen LogP contribution in [0.3, 0.4) is 0 Å². The van der Waals surface area contributed by atoms with Crippen molar-refractivity contribution in [2.24, 2.45) is 0 Å². The number of hydrogen-bond donors (Lipinski definition) is 0. The summed E-state index contributed by atoms with van der Waals surface area (Å²) < 4.78 is 0. The first kappa shape index (κ1) is 12.6. The van der Waals surface area contributed by atoms with Crippen LogP contribution in [0, 0.1) is 6.92 Å². The molecule has 92 valence electrons. The third kappa shape index (κ3) is 2.89. The molecule has 1 amide bonds. The molecule has 1 fully saturated rings. The first-order valence-electron chi connectivity index (χ1n) is 6.17. The van der Waals surface area contributed by atoms with E-state index in [9.17, 15) is 4.79 Å². The van der Waals surface area contributed by atoms with Crippen molar-refractivity contribution < 1.29 is 4.79 Å². The molecule has 0 saturated carbocycles. The Balaban J connectivity index is 2.16. The van der Waals surface area contributed by atoms with Crippen LogP contribution < -0.4 is 0 Å². The van der Waals surface area contributed by atoms with Gasteiger partial charge in [0.2, 0.25) is 0 Å². The van der Waals surface area contributed by atoms with Crippen molar-refractivity contribution in [3.8, 4) is 0 Å². The van der Waals surface area contributed by atoms with E-state index < -0.39 is 0 Å². The Labute approximate surface area is 111 Å². The lowest BCUT2D eigenvalue weighted by Crippen LogP contribution is -2.35. The number of hydrogen-bond acceptors (Lipinski definition) is 1. The summed E-state index contributed by atoms with van der Waals surface area (Å²) in [6.45, 7) is 3.89. The predicted octanol–water partition coefficient (Wildman–Crippen LogP) is 3.52. The largest absolute Gasteiger partial charge is 0.339 e. The van der Waals surface area contributed by atoms with Gasteiger partial charge >= 0.3 is 0 Å². The van der Waals surface area contributed by atoms with Crippen LogP contribution in [-0.2, 0) is 5.33 Å². The van der Waals surface area contributed by atoms with Gasteiger partial charge in [0.1, 0.15) is 0 Å². The van der Waals surface area contributed by atoms with Crippen molar-refractivity contribution in [3.63, 3.8) is 0 Å². The number of carbonyl (C=O) groups is 1. The number of alkyl halides is 1. The minimum Gasteiger partial charge on any atom is -0.339 e. The van der Waals surface area contributed by atoms with E-state index in [1.54, 1.807) is 0 Å². The van der Waals surface area contributed by atoms with Crippen LogP contribution in [0.5, 0.6) is 0 Å². The van der Waals surface area contributed by atoms with Crippen molar-refractivity contribution in [2.45, 2.75) is 31.5 Å². The van der Waals surface area contributed by atoms with E-state index in [-0.39, 0.29) is 5.91 Å². The summed E-state index contributed by atoms with van der Waals surface area (Å²) in [5.74, 6) is 0.189. The van der Waals surface area contributed by atoms with E-state index in [0.717, 1.165) is 36.8 Å². The van der Waals surface area contributed by atoms with E-state index in [2.05, 4.69) is 22.9 Å². The molecular weight excluding hydrogens is 278 g/mol. The van der Waals surface area contributed by atoms with Crippen molar-refractivity contribution in [1.29, 1.82) is 0 Å². The molecule has 2 nitrogen and oxygen atoms in total. The summed E-state index contributed by atoms with van der Waals surface area (Å²) in [6, 6.07) is 6.00. The Morgan fingerprint density at radius 1 is 1.29 bits per heavy atom. The molecule has 0 bridgehead atoms. The van der Waals surface area contributed by atoms with Gasteiger partial charge in [-0.2, -0.15) is 0 Å². The molecule has 1 saturated heterocycles. The minimum absolute atomic E-state index is 0.189. The van der Waals surface area contributed by atoms with Crippen LogP contribution in [0.4, 0.5) is 0 Å². The fraction of sp³-hybridized carbons (Fsp3) is 0.500. The van der Waals surface area contributed by atoms with Gasteiger partial charge in [-0.05, 0) is 49.4 Å². The summed E-state index contributed by atoms with van der Waals surface area (Å²) in [5.41, 5.74) is 3.26. The molecule has 17 heavy (non-hydrogen) atoms. The van der Waals surface area contributed by atoms with Crippen molar-refractivity contribution in [3.05, 3.63) is 34.9 Å². The van der Waals surface area contributed by atoms with Crippen LogP contribution in [0.25, 0.3) is 0 Å². The summed E-state index contributed by atoms with van der Waals surface area (Å²) in [5, 5.41) is 0.844. The average molecular weight is 296 g/mol. The van der Waals surface area contributed by atoms with E-state index in [4.69, 9.17) is 0 Å². The maximum absolute atomic E-state index is 12.3. The van der Waals surface area contributed by atoms with Crippen molar-refractivity contribution >= 4 is 21.8 Å². The monoisotopic (exact) mass is 295 g/mol. The highest BCUT2D eigenvalue weighted by atomic mass is 79.9. The van der Waals surface area contributed by atoms with Gasteiger partial charge in [-0.25, -0.2) is 0 Å². The van der Waals surface area contributed by atoms with Gasteiger partial charge < -0.3 is 4.90 Å². The zero-order chi connectivity index (χ0) is 12.3. The molecule has 0 atom stereocenters. The number of amides is 1. The van der Waals surface area contributed by atoms with Gasteiger partial charge in [-0.15, -0.1) is 0 Å². The molecule has 1 aliphatic heterocycles. The summed E-state index contributed by atoms with van der Waals surface area (Å²) >= 11 is 3.45. The number of carbonyl (C=O) groups excluding carboxylic acids is 1. The lowest BCUT2D eigenvalue weighted by Gasteiger charge is -2.27. The molecule has 1 aliphatic rings. The van der Waals surface area contributed by atoms with Crippen LogP contribution in [0.15, 0.2) is 18.2 Å². The molecule has 1 aromatic rings. The van der Waals surface area contributed by atoms with Gasteiger partial charge in [0.25, 0.3) is 5.91 Å². The maximum Gasteiger partial charge on any atom is 0.253 e. The van der Waals surface area contributed by atoms with Gasteiger partial charge in [-0.1, -0.05) is 22.0 Å². The van der Waals surface area contributed by atoms with Crippen LogP contribution in [0.1, 0.15) is 40.7 Å². The fourth-order valence-corrected chi connectivity index (χ4v) is 2.89. The van der Waals surface area contributed by atoms with Crippen molar-refractivity contribution in [2.75, 3.05) is 13.1 Å². The topological polar surface area (TPSA) is 20.3 Å². The standard InChI is InChI=1S/C14H18BrNO/c1-11-9-12(5-6-13(11)10-15)14(17)16-7-3-2-4-8-16/h5-6,9H,2-4,7-8,10H2,1H3. The molecule has 1 aromatic carbocycles. The Bertz CT molecular complexity index is 411. The number of aryl methyl sites for hydroxylation is 1. The summed E-state index contributed by atoms with van der Waals surface area (Å²) in [4.78, 5) is 14.2. The Morgan fingerprint density at radius 2 is 2.00 bits per heavy atom. The number of likely N-dealkylation sites (tertiary alicyclic amines) is 1. The molecule has 0 unspecified atom stereocenters. The normalized spacial score (nSPS) is 16.0. The third-order valence-corrected chi connectivity index (χ3v) is 3.98. The van der Waals surface area contributed by atoms with E-state index in [1.807, 2.05) is 23.1 Å². The number of halogens is 1. The molecule has 1 heterocycles. The number of benzene rings is 1. The lowest BCUT2D eigenvalue weighted by molar-refractivity contribution is 0.0724. The zero-order valence-electron chi connectivity index (χ0n) is 10.2. The van der Waals surface area contributed by atoms with Gasteiger partial charge in [-0.3, -0.25) is 4.79 Å². The average Bonchev–Trinajstić information content (AvgIpc) is 2.39. The Kier molecular flexibility index (Phi) is 4.21. The van der Waals surface area contributed by atoms with Crippen molar-refractivity contribution in [1.82, 2.24) is 4.90 Å². The second kappa shape index (κ2) is 5.67. The third-order valence-electron chi connectivity index (χ3n) is 3.38. The SMILES string of the molecule is Cc1cc(C(=O)N2CCCCC2)ccc1CBr. The first-order valence-corrected chi connectivity index (χ1v) is 7.29. The molecule has 0 N–H and O–H groups in total. The fourth-order valence-electron chi connectivity index (χ4n) is 2.26. The molecule has 0 aliphatic carbocycles. The summed E-state index contributed by atoms with van der Waals surface area (Å²) in [7, 11) is 0. The van der Waals surface area contributed by atoms with Gasteiger partial charge in [0.05, 0.1) is 0 Å². The highest BCUT2D eigenvalue weighted by Crippen LogP contribution is 2.17. The van der Waals surface area contributed by atoms with Crippen LogP contribution in [-0.4, -0.2) is 23.9 Å². The van der Waals surface area contributed by atoms with E-state index in [1.165, 1.54) is 17.5 Å². The number of nitrogens with zero attached hydrogens (tertiary/aromatic N) is 1. The quantitative estimate of drug-likeness (QED) is 0.765. The summed E-state index contributed by atoms with van der Waals surface area (Å²) in [6.07, 6.45) is 3.54. The highest BCUT2D eigenvalue weighted by Gasteiger charge is 2.18. The highest BCUT2D eigenvalue weighted by molar-refractivity contribution is 9.08. The van der Waals surface area contributed by atoms with Crippen LogP contribution >= 0.6 is 15.9 Å². The minimum atomic E-state index is 0.189. The Morgan fingerprint density at radius 3 is 2.59 bits per heavy atom. The van der Waals surface area contributed by atoms with Gasteiger partial charge in [0.15, 0.2) is 0 Å². The molecule has 3 heteroatoms. The number of rotatable bonds is 2. The zero-order valence-corrected chi connectivity index (χ0v) is 11.8. The number of piperidine rings is 1. The van der Waals surface area contributed by atoms with E-state index >= 15 is 0 Å². The molecule has 0 spiro atoms. The molecule has 0 aromatic heterocycles. The second-order valence-corrected chi connectivity index (χ2v) is 5.19. The molecule has 2 rings (SSSR count).